The topological polar surface area (TPSA) is 63.9 Å². The molecule has 0 unspecified atom stereocenters. The normalized spacial score (nSPS) is 10.4. The minimum Gasteiger partial charge on any atom is -0.496 e. The molecule has 84 valence electrons. The van der Waals surface area contributed by atoms with Gasteiger partial charge in [-0.05, 0) is 24.5 Å². The molecule has 3 N–H and O–H groups in total. The fourth-order valence-corrected chi connectivity index (χ4v) is 2.09. The lowest BCUT2D eigenvalue weighted by Crippen LogP contribution is -1.87. The smallest absolute Gasteiger partial charge is 0.145 e. The van der Waals surface area contributed by atoms with E-state index in [9.17, 15) is 0 Å². The standard InChI is InChI=1S/C11H13N3OS/c1-15-9-4-3-7(5-10(9)16-2)8-6-11(12)14-13-8/h3-6H,1-2H3,(H3,12,13,14). The molecule has 0 aliphatic heterocycles. The van der Waals surface area contributed by atoms with Gasteiger partial charge in [0.25, 0.3) is 0 Å². The molecule has 5 heteroatoms. The molecule has 1 aromatic heterocycles. The van der Waals surface area contributed by atoms with Crippen molar-refractivity contribution in [1.29, 1.82) is 0 Å². The van der Waals surface area contributed by atoms with Gasteiger partial charge in [-0.25, -0.2) is 0 Å². The van der Waals surface area contributed by atoms with E-state index in [0.29, 0.717) is 5.82 Å². The number of aromatic nitrogens is 2. The third kappa shape index (κ3) is 1.99. The number of hydrogen-bond acceptors (Lipinski definition) is 4. The molecular formula is C11H13N3OS. The second-order valence-electron chi connectivity index (χ2n) is 3.28. The number of aromatic amines is 1. The molecule has 2 rings (SSSR count). The summed E-state index contributed by atoms with van der Waals surface area (Å²) in [6, 6.07) is 7.78. The van der Waals surface area contributed by atoms with Crippen LogP contribution in [0.5, 0.6) is 5.75 Å². The van der Waals surface area contributed by atoms with Gasteiger partial charge in [-0.2, -0.15) is 5.10 Å². The zero-order valence-corrected chi connectivity index (χ0v) is 9.97. The molecule has 0 bridgehead atoms. The van der Waals surface area contributed by atoms with Crippen LogP contribution in [0.4, 0.5) is 5.82 Å². The minimum absolute atomic E-state index is 0.497. The maximum absolute atomic E-state index is 5.57. The lowest BCUT2D eigenvalue weighted by molar-refractivity contribution is 0.405. The third-order valence-electron chi connectivity index (χ3n) is 2.29. The number of methoxy groups -OCH3 is 1. The van der Waals surface area contributed by atoms with Gasteiger partial charge in [-0.15, -0.1) is 11.8 Å². The largest absolute Gasteiger partial charge is 0.496 e. The first-order chi connectivity index (χ1) is 7.74. The fraction of sp³-hybridized carbons (Fsp3) is 0.182. The second-order valence-corrected chi connectivity index (χ2v) is 4.12. The average molecular weight is 235 g/mol. The molecule has 0 amide bonds. The molecule has 1 aromatic carbocycles. The van der Waals surface area contributed by atoms with E-state index in [4.69, 9.17) is 10.5 Å². The van der Waals surface area contributed by atoms with E-state index in [1.54, 1.807) is 18.9 Å². The molecular weight excluding hydrogens is 222 g/mol. The third-order valence-corrected chi connectivity index (χ3v) is 3.05. The van der Waals surface area contributed by atoms with Gasteiger partial charge in [0.05, 0.1) is 12.8 Å². The Kier molecular flexibility index (Phi) is 3.05. The van der Waals surface area contributed by atoms with Crippen LogP contribution >= 0.6 is 11.8 Å². The number of nitrogens with one attached hydrogen (secondary N) is 1. The molecule has 1 heterocycles. The van der Waals surface area contributed by atoms with E-state index in [1.807, 2.05) is 24.5 Å². The molecule has 4 nitrogen and oxygen atoms in total. The highest BCUT2D eigenvalue weighted by atomic mass is 32.2. The Morgan fingerprint density at radius 2 is 2.19 bits per heavy atom. The van der Waals surface area contributed by atoms with Crippen LogP contribution in [0.2, 0.25) is 0 Å². The van der Waals surface area contributed by atoms with Crippen LogP contribution in [-0.2, 0) is 0 Å². The lowest BCUT2D eigenvalue weighted by Gasteiger charge is -2.07. The molecule has 0 aliphatic rings. The summed E-state index contributed by atoms with van der Waals surface area (Å²) in [5.74, 6) is 1.38. The summed E-state index contributed by atoms with van der Waals surface area (Å²) in [4.78, 5) is 1.09. The Morgan fingerprint density at radius 1 is 1.38 bits per heavy atom. The first kappa shape index (κ1) is 10.9. The van der Waals surface area contributed by atoms with Crippen LogP contribution < -0.4 is 10.5 Å². The molecule has 2 aromatic rings. The molecule has 0 aliphatic carbocycles. The summed E-state index contributed by atoms with van der Waals surface area (Å²) in [5.41, 5.74) is 7.53. The first-order valence-corrected chi connectivity index (χ1v) is 6.00. The van der Waals surface area contributed by atoms with Crippen molar-refractivity contribution < 1.29 is 4.74 Å². The molecule has 0 radical (unpaired) electrons. The van der Waals surface area contributed by atoms with Crippen molar-refractivity contribution >= 4 is 17.6 Å². The molecule has 0 atom stereocenters. The van der Waals surface area contributed by atoms with Crippen LogP contribution in [0.25, 0.3) is 11.3 Å². The van der Waals surface area contributed by atoms with E-state index >= 15 is 0 Å². The van der Waals surface area contributed by atoms with Gasteiger partial charge in [-0.3, -0.25) is 5.10 Å². The fourth-order valence-electron chi connectivity index (χ4n) is 1.49. The van der Waals surface area contributed by atoms with Crippen molar-refractivity contribution in [2.45, 2.75) is 4.90 Å². The van der Waals surface area contributed by atoms with Gasteiger partial charge in [0, 0.05) is 16.5 Å². The Hall–Kier alpha value is -1.62. The summed E-state index contributed by atoms with van der Waals surface area (Å²) in [7, 11) is 1.67. The Labute approximate surface area is 98.2 Å². The summed E-state index contributed by atoms with van der Waals surface area (Å²) >= 11 is 1.65. The second kappa shape index (κ2) is 4.49. The number of rotatable bonds is 3. The van der Waals surface area contributed by atoms with E-state index in [2.05, 4.69) is 16.3 Å². The van der Waals surface area contributed by atoms with Crippen LogP contribution in [0.3, 0.4) is 0 Å². The zero-order valence-electron chi connectivity index (χ0n) is 9.15. The number of nitrogens with two attached hydrogens (primary N) is 1. The maximum Gasteiger partial charge on any atom is 0.145 e. The van der Waals surface area contributed by atoms with Crippen molar-refractivity contribution in [3.8, 4) is 17.0 Å². The minimum atomic E-state index is 0.497. The van der Waals surface area contributed by atoms with Crippen molar-refractivity contribution in [2.75, 3.05) is 19.1 Å². The quantitative estimate of drug-likeness (QED) is 0.802. The Balaban J connectivity index is 2.43. The molecule has 0 fully saturated rings. The van der Waals surface area contributed by atoms with Crippen LogP contribution in [-0.4, -0.2) is 23.6 Å². The molecule has 0 saturated heterocycles. The maximum atomic E-state index is 5.57. The molecule has 0 spiro atoms. The average Bonchev–Trinajstić information content (AvgIpc) is 2.75. The van der Waals surface area contributed by atoms with E-state index in [-0.39, 0.29) is 0 Å². The van der Waals surface area contributed by atoms with Crippen LogP contribution in [0.15, 0.2) is 29.2 Å². The summed E-state index contributed by atoms with van der Waals surface area (Å²) < 4.78 is 5.26. The molecule has 0 saturated carbocycles. The van der Waals surface area contributed by atoms with E-state index in [1.165, 1.54) is 0 Å². The number of hydrogen-bond donors (Lipinski definition) is 2. The van der Waals surface area contributed by atoms with Crippen LogP contribution in [0.1, 0.15) is 0 Å². The van der Waals surface area contributed by atoms with Crippen molar-refractivity contribution in [2.24, 2.45) is 0 Å². The zero-order chi connectivity index (χ0) is 11.5. The number of thioether (sulfide) groups is 1. The Bertz CT molecular complexity index is 496. The monoisotopic (exact) mass is 235 g/mol. The number of ether oxygens (including phenoxy) is 1. The number of nitrogen functional groups attached to an aromatic ring is 1. The lowest BCUT2D eigenvalue weighted by atomic mass is 10.1. The van der Waals surface area contributed by atoms with Gasteiger partial charge in [0.2, 0.25) is 0 Å². The summed E-state index contributed by atoms with van der Waals surface area (Å²) in [6.45, 7) is 0. The predicted molar refractivity (Wildman–Crippen MR) is 66.8 cm³/mol. The van der Waals surface area contributed by atoms with Gasteiger partial charge >= 0.3 is 0 Å². The van der Waals surface area contributed by atoms with Gasteiger partial charge < -0.3 is 10.5 Å². The first-order valence-electron chi connectivity index (χ1n) is 4.78. The van der Waals surface area contributed by atoms with Crippen LogP contribution in [0, 0.1) is 0 Å². The van der Waals surface area contributed by atoms with Crippen molar-refractivity contribution in [1.82, 2.24) is 10.2 Å². The van der Waals surface area contributed by atoms with Gasteiger partial charge in [0.15, 0.2) is 0 Å². The summed E-state index contributed by atoms with van der Waals surface area (Å²) in [6.07, 6.45) is 2.02. The highest BCUT2D eigenvalue weighted by Crippen LogP contribution is 2.31. The van der Waals surface area contributed by atoms with E-state index < -0.39 is 0 Å². The highest BCUT2D eigenvalue weighted by molar-refractivity contribution is 7.98. The van der Waals surface area contributed by atoms with Gasteiger partial charge in [-0.1, -0.05) is 0 Å². The van der Waals surface area contributed by atoms with Gasteiger partial charge in [0.1, 0.15) is 11.6 Å². The SMILES string of the molecule is COc1ccc(-c2cc(N)n[nH]2)cc1SC. The number of anilines is 1. The number of H-pyrrole nitrogens is 1. The van der Waals surface area contributed by atoms with E-state index in [0.717, 1.165) is 21.9 Å². The number of benzene rings is 1. The summed E-state index contributed by atoms with van der Waals surface area (Å²) in [5, 5.41) is 6.79. The molecule has 16 heavy (non-hydrogen) atoms. The van der Waals surface area contributed by atoms with Crippen molar-refractivity contribution in [3.05, 3.63) is 24.3 Å². The highest BCUT2D eigenvalue weighted by Gasteiger charge is 2.06. The Morgan fingerprint density at radius 3 is 2.75 bits per heavy atom. The predicted octanol–water partition coefficient (Wildman–Crippen LogP) is 2.39. The number of nitrogens with zero attached hydrogens (tertiary/aromatic N) is 1. The van der Waals surface area contributed by atoms with Crippen molar-refractivity contribution in [3.63, 3.8) is 0 Å².